The molecule has 1 aromatic rings. The number of ether oxygens (including phenoxy) is 1. The molecule has 8 heteroatoms. The summed E-state index contributed by atoms with van der Waals surface area (Å²) < 4.78 is 29.0. The largest absolute Gasteiger partial charge is 0.481 e. The first-order valence-corrected chi connectivity index (χ1v) is 6.80. The van der Waals surface area contributed by atoms with E-state index in [1.807, 2.05) is 0 Å². The number of halogens is 2. The van der Waals surface area contributed by atoms with E-state index in [2.05, 4.69) is 10.1 Å². The molecule has 1 aliphatic heterocycles. The van der Waals surface area contributed by atoms with Crippen molar-refractivity contribution in [1.29, 1.82) is 0 Å². The summed E-state index contributed by atoms with van der Waals surface area (Å²) in [5.74, 6) is -1.69. The van der Waals surface area contributed by atoms with Crippen molar-refractivity contribution in [1.82, 2.24) is 4.90 Å². The van der Waals surface area contributed by atoms with Gasteiger partial charge in [0, 0.05) is 13.1 Å². The van der Waals surface area contributed by atoms with Crippen LogP contribution in [0, 0.1) is 5.92 Å². The lowest BCUT2D eigenvalue weighted by molar-refractivity contribution is -0.143. The molecule has 0 spiro atoms. The van der Waals surface area contributed by atoms with E-state index < -0.39 is 24.5 Å². The number of carboxylic acid groups (broad SMARTS) is 1. The van der Waals surface area contributed by atoms with Gasteiger partial charge >= 0.3 is 18.6 Å². The molecular formula is C14H16F2N2O4. The van der Waals surface area contributed by atoms with Gasteiger partial charge in [-0.25, -0.2) is 4.79 Å². The van der Waals surface area contributed by atoms with Crippen LogP contribution in [-0.2, 0) is 4.79 Å². The number of benzene rings is 1. The molecule has 2 rings (SSSR count). The fourth-order valence-electron chi connectivity index (χ4n) is 2.33. The lowest BCUT2D eigenvalue weighted by Crippen LogP contribution is -2.44. The zero-order chi connectivity index (χ0) is 16.1. The highest BCUT2D eigenvalue weighted by Gasteiger charge is 2.28. The second-order valence-electron chi connectivity index (χ2n) is 4.93. The van der Waals surface area contributed by atoms with Gasteiger partial charge in [0.05, 0.1) is 11.6 Å². The van der Waals surface area contributed by atoms with Gasteiger partial charge in [-0.05, 0) is 25.0 Å². The van der Waals surface area contributed by atoms with E-state index in [4.69, 9.17) is 5.11 Å². The summed E-state index contributed by atoms with van der Waals surface area (Å²) in [6.45, 7) is -2.48. The maximum atomic E-state index is 12.3. The Labute approximate surface area is 125 Å². The van der Waals surface area contributed by atoms with Crippen LogP contribution in [0.1, 0.15) is 12.8 Å². The topological polar surface area (TPSA) is 78.9 Å². The van der Waals surface area contributed by atoms with E-state index in [0.29, 0.717) is 19.4 Å². The highest BCUT2D eigenvalue weighted by atomic mass is 19.3. The highest BCUT2D eigenvalue weighted by Crippen LogP contribution is 2.26. The standard InChI is InChI=1S/C14H16F2N2O4/c15-13(16)22-11-6-2-1-5-10(11)17-14(21)18-7-3-4-9(8-18)12(19)20/h1-2,5-6,9,13H,3-4,7-8H2,(H,17,21)(H,19,20). The fraction of sp³-hybridized carbons (Fsp3) is 0.429. The van der Waals surface area contributed by atoms with Crippen molar-refractivity contribution in [2.45, 2.75) is 19.5 Å². The Morgan fingerprint density at radius 3 is 2.77 bits per heavy atom. The Bertz CT molecular complexity index is 553. The van der Waals surface area contributed by atoms with Crippen molar-refractivity contribution in [3.63, 3.8) is 0 Å². The van der Waals surface area contributed by atoms with Gasteiger partial charge in [0.1, 0.15) is 5.75 Å². The highest BCUT2D eigenvalue weighted by molar-refractivity contribution is 5.91. The van der Waals surface area contributed by atoms with Crippen LogP contribution in [0.3, 0.4) is 0 Å². The first kappa shape index (κ1) is 16.0. The fourth-order valence-corrected chi connectivity index (χ4v) is 2.33. The van der Waals surface area contributed by atoms with Crippen LogP contribution in [0.25, 0.3) is 0 Å². The molecule has 1 atom stereocenters. The molecule has 0 aliphatic carbocycles. The van der Waals surface area contributed by atoms with Crippen LogP contribution >= 0.6 is 0 Å². The second kappa shape index (κ2) is 7.06. The van der Waals surface area contributed by atoms with Gasteiger partial charge in [-0.15, -0.1) is 0 Å². The van der Waals surface area contributed by atoms with Gasteiger partial charge in [-0.1, -0.05) is 12.1 Å². The molecule has 1 aromatic carbocycles. The molecule has 120 valence electrons. The van der Waals surface area contributed by atoms with Gasteiger partial charge < -0.3 is 20.1 Å². The number of nitrogens with zero attached hydrogens (tertiary/aromatic N) is 1. The summed E-state index contributed by atoms with van der Waals surface area (Å²) in [6, 6.07) is 5.31. The summed E-state index contributed by atoms with van der Waals surface area (Å²) >= 11 is 0. The summed E-state index contributed by atoms with van der Waals surface area (Å²) in [5, 5.41) is 11.5. The van der Waals surface area contributed by atoms with Gasteiger partial charge in [-0.3, -0.25) is 4.79 Å². The molecule has 0 saturated carbocycles. The van der Waals surface area contributed by atoms with E-state index in [1.165, 1.54) is 23.1 Å². The zero-order valence-corrected chi connectivity index (χ0v) is 11.7. The van der Waals surface area contributed by atoms with Crippen LogP contribution in [0.2, 0.25) is 0 Å². The number of likely N-dealkylation sites (tertiary alicyclic amines) is 1. The van der Waals surface area contributed by atoms with Gasteiger partial charge in [-0.2, -0.15) is 8.78 Å². The predicted octanol–water partition coefficient (Wildman–Crippen LogP) is 2.62. The number of carbonyl (C=O) groups is 2. The number of piperidine rings is 1. The first-order valence-electron chi connectivity index (χ1n) is 6.80. The molecule has 1 saturated heterocycles. The van der Waals surface area contributed by atoms with Crippen molar-refractivity contribution in [2.75, 3.05) is 18.4 Å². The second-order valence-corrected chi connectivity index (χ2v) is 4.93. The van der Waals surface area contributed by atoms with E-state index in [9.17, 15) is 18.4 Å². The maximum absolute atomic E-state index is 12.3. The number of anilines is 1. The Balaban J connectivity index is 2.04. The van der Waals surface area contributed by atoms with Crippen molar-refractivity contribution >= 4 is 17.7 Å². The number of urea groups is 1. The zero-order valence-electron chi connectivity index (χ0n) is 11.7. The normalized spacial score (nSPS) is 18.1. The van der Waals surface area contributed by atoms with Crippen molar-refractivity contribution < 1.29 is 28.2 Å². The average molecular weight is 314 g/mol. The third-order valence-electron chi connectivity index (χ3n) is 3.40. The summed E-state index contributed by atoms with van der Waals surface area (Å²) in [5.41, 5.74) is 0.116. The van der Waals surface area contributed by atoms with Gasteiger partial charge in [0.2, 0.25) is 0 Å². The molecule has 1 heterocycles. The van der Waals surface area contributed by atoms with Gasteiger partial charge in [0.25, 0.3) is 0 Å². The summed E-state index contributed by atoms with van der Waals surface area (Å²) in [7, 11) is 0. The number of nitrogens with one attached hydrogen (secondary N) is 1. The molecule has 2 amide bonds. The quantitative estimate of drug-likeness (QED) is 0.895. The van der Waals surface area contributed by atoms with Crippen LogP contribution in [0.5, 0.6) is 5.75 Å². The molecule has 1 unspecified atom stereocenters. The molecular weight excluding hydrogens is 298 g/mol. The van der Waals surface area contributed by atoms with Crippen molar-refractivity contribution in [3.05, 3.63) is 24.3 Å². The van der Waals surface area contributed by atoms with Crippen LogP contribution in [0.15, 0.2) is 24.3 Å². The number of carboxylic acids is 1. The molecule has 22 heavy (non-hydrogen) atoms. The molecule has 2 N–H and O–H groups in total. The SMILES string of the molecule is O=C(O)C1CCCN(C(=O)Nc2ccccc2OC(F)F)C1. The van der Waals surface area contributed by atoms with E-state index in [0.717, 1.165) is 0 Å². The first-order chi connectivity index (χ1) is 10.5. The number of alkyl halides is 2. The molecule has 0 radical (unpaired) electrons. The average Bonchev–Trinajstić information content (AvgIpc) is 2.49. The molecule has 6 nitrogen and oxygen atoms in total. The van der Waals surface area contributed by atoms with Crippen LogP contribution in [-0.4, -0.2) is 41.7 Å². The van der Waals surface area contributed by atoms with Gasteiger partial charge in [0.15, 0.2) is 0 Å². The van der Waals surface area contributed by atoms with E-state index >= 15 is 0 Å². The molecule has 0 bridgehead atoms. The third-order valence-corrected chi connectivity index (χ3v) is 3.40. The molecule has 1 aliphatic rings. The van der Waals surface area contributed by atoms with Crippen molar-refractivity contribution in [3.8, 4) is 5.75 Å². The number of hydrogen-bond donors (Lipinski definition) is 2. The minimum absolute atomic E-state index is 0.0963. The van der Waals surface area contributed by atoms with E-state index in [1.54, 1.807) is 6.07 Å². The Hall–Kier alpha value is -2.38. The number of carbonyl (C=O) groups excluding carboxylic acids is 1. The van der Waals surface area contributed by atoms with Crippen LogP contribution < -0.4 is 10.1 Å². The number of rotatable bonds is 4. The monoisotopic (exact) mass is 314 g/mol. The predicted molar refractivity (Wildman–Crippen MR) is 74.0 cm³/mol. The van der Waals surface area contributed by atoms with Crippen molar-refractivity contribution in [2.24, 2.45) is 5.92 Å². The summed E-state index contributed by atoms with van der Waals surface area (Å²) in [6.07, 6.45) is 1.10. The number of para-hydroxylation sites is 2. The van der Waals surface area contributed by atoms with Crippen LogP contribution in [0.4, 0.5) is 19.3 Å². The molecule has 0 aromatic heterocycles. The Morgan fingerprint density at radius 1 is 1.36 bits per heavy atom. The number of amides is 2. The number of aliphatic carboxylic acids is 1. The lowest BCUT2D eigenvalue weighted by Gasteiger charge is -2.30. The summed E-state index contributed by atoms with van der Waals surface area (Å²) in [4.78, 5) is 24.5. The minimum Gasteiger partial charge on any atom is -0.481 e. The minimum atomic E-state index is -3.00. The Morgan fingerprint density at radius 2 is 2.09 bits per heavy atom. The Kier molecular flexibility index (Phi) is 5.13. The maximum Gasteiger partial charge on any atom is 0.387 e. The number of hydrogen-bond acceptors (Lipinski definition) is 3. The lowest BCUT2D eigenvalue weighted by atomic mass is 9.99. The van der Waals surface area contributed by atoms with E-state index in [-0.39, 0.29) is 18.0 Å². The third kappa shape index (κ3) is 4.06. The smallest absolute Gasteiger partial charge is 0.387 e. The molecule has 1 fully saturated rings.